The molecule has 0 aliphatic carbocycles. The number of hydrogen-bond donors (Lipinski definition) is 1. The quantitative estimate of drug-likeness (QED) is 0.834. The lowest BCUT2D eigenvalue weighted by Gasteiger charge is -2.18. The van der Waals surface area contributed by atoms with Crippen LogP contribution in [0.1, 0.15) is 46.4 Å². The summed E-state index contributed by atoms with van der Waals surface area (Å²) in [5.41, 5.74) is 4.07. The summed E-state index contributed by atoms with van der Waals surface area (Å²) in [6.45, 7) is 6.10. The van der Waals surface area contributed by atoms with Gasteiger partial charge in [0.2, 0.25) is 0 Å². The number of carbonyl (C=O) groups is 1. The van der Waals surface area contributed by atoms with Gasteiger partial charge in [-0.15, -0.1) is 0 Å². The van der Waals surface area contributed by atoms with E-state index >= 15 is 0 Å². The van der Waals surface area contributed by atoms with Gasteiger partial charge in [-0.2, -0.15) is 0 Å². The Morgan fingerprint density at radius 2 is 1.81 bits per heavy atom. The van der Waals surface area contributed by atoms with Crippen LogP contribution in [-0.4, -0.2) is 5.91 Å². The Morgan fingerprint density at radius 1 is 1.14 bits per heavy atom. The molecule has 1 atom stereocenters. The van der Waals surface area contributed by atoms with E-state index in [1.165, 1.54) is 5.56 Å². The fraction of sp³-hybridized carbons (Fsp3) is 0.278. The van der Waals surface area contributed by atoms with Crippen molar-refractivity contribution in [3.05, 3.63) is 69.2 Å². The molecule has 1 N–H and O–H groups in total. The van der Waals surface area contributed by atoms with Crippen molar-refractivity contribution in [3.8, 4) is 0 Å². The molecule has 2 aromatic rings. The molecule has 2 rings (SSSR count). The molecular formula is C18H20BrNO. The van der Waals surface area contributed by atoms with Crippen LogP contribution in [0.3, 0.4) is 0 Å². The van der Waals surface area contributed by atoms with Crippen molar-refractivity contribution in [3.63, 3.8) is 0 Å². The summed E-state index contributed by atoms with van der Waals surface area (Å²) in [5.74, 6) is -0.0266. The lowest BCUT2D eigenvalue weighted by Crippen LogP contribution is -2.28. The fourth-order valence-electron chi connectivity index (χ4n) is 2.29. The largest absolute Gasteiger partial charge is 0.345 e. The zero-order valence-corrected chi connectivity index (χ0v) is 14.2. The molecule has 3 heteroatoms. The topological polar surface area (TPSA) is 29.1 Å². The first-order chi connectivity index (χ1) is 10.0. The third-order valence-electron chi connectivity index (χ3n) is 3.64. The van der Waals surface area contributed by atoms with Gasteiger partial charge < -0.3 is 5.32 Å². The van der Waals surface area contributed by atoms with E-state index in [1.807, 2.05) is 25.1 Å². The standard InChI is InChI=1S/C18H20BrNO/c1-4-17(14-8-5-12(2)6-9-14)20-18(21)16-11-15(19)10-7-13(16)3/h5-11,17H,4H2,1-3H3,(H,20,21). The van der Waals surface area contributed by atoms with Crippen LogP contribution in [0.5, 0.6) is 0 Å². The molecule has 0 fully saturated rings. The zero-order valence-electron chi connectivity index (χ0n) is 12.6. The van der Waals surface area contributed by atoms with E-state index in [0.29, 0.717) is 0 Å². The molecule has 0 saturated heterocycles. The lowest BCUT2D eigenvalue weighted by molar-refractivity contribution is 0.0935. The molecular weight excluding hydrogens is 326 g/mol. The second kappa shape index (κ2) is 6.90. The third-order valence-corrected chi connectivity index (χ3v) is 4.13. The van der Waals surface area contributed by atoms with Gasteiger partial charge >= 0.3 is 0 Å². The number of aryl methyl sites for hydroxylation is 2. The highest BCUT2D eigenvalue weighted by Crippen LogP contribution is 2.20. The van der Waals surface area contributed by atoms with E-state index in [-0.39, 0.29) is 11.9 Å². The molecule has 1 amide bonds. The molecule has 0 radical (unpaired) electrons. The Morgan fingerprint density at radius 3 is 2.43 bits per heavy atom. The first-order valence-corrected chi connectivity index (χ1v) is 7.94. The van der Waals surface area contributed by atoms with Crippen LogP contribution in [0, 0.1) is 13.8 Å². The van der Waals surface area contributed by atoms with Gasteiger partial charge in [-0.25, -0.2) is 0 Å². The highest BCUT2D eigenvalue weighted by atomic mass is 79.9. The van der Waals surface area contributed by atoms with Gasteiger partial charge in [-0.3, -0.25) is 4.79 Å². The van der Waals surface area contributed by atoms with Crippen LogP contribution in [0.2, 0.25) is 0 Å². The van der Waals surface area contributed by atoms with Crippen LogP contribution >= 0.6 is 15.9 Å². The van der Waals surface area contributed by atoms with E-state index in [4.69, 9.17) is 0 Å². The van der Waals surface area contributed by atoms with E-state index in [1.54, 1.807) is 0 Å². The Labute approximate surface area is 134 Å². The first-order valence-electron chi connectivity index (χ1n) is 7.15. The van der Waals surface area contributed by atoms with Gasteiger partial charge in [-0.1, -0.05) is 58.7 Å². The molecule has 0 aromatic heterocycles. The maximum Gasteiger partial charge on any atom is 0.252 e. The number of nitrogens with one attached hydrogen (secondary N) is 1. The van der Waals surface area contributed by atoms with Crippen LogP contribution in [0.4, 0.5) is 0 Å². The maximum absolute atomic E-state index is 12.5. The van der Waals surface area contributed by atoms with Gasteiger partial charge in [-0.05, 0) is 43.5 Å². The van der Waals surface area contributed by atoms with Gasteiger partial charge in [0.1, 0.15) is 0 Å². The SMILES string of the molecule is CCC(NC(=O)c1cc(Br)ccc1C)c1ccc(C)cc1. The molecule has 21 heavy (non-hydrogen) atoms. The minimum absolute atomic E-state index is 0.0266. The van der Waals surface area contributed by atoms with Crippen molar-refractivity contribution in [1.29, 1.82) is 0 Å². The molecule has 1 unspecified atom stereocenters. The minimum Gasteiger partial charge on any atom is -0.345 e. The van der Waals surface area contributed by atoms with Gasteiger partial charge in [0.05, 0.1) is 6.04 Å². The molecule has 0 aliphatic heterocycles. The highest BCUT2D eigenvalue weighted by molar-refractivity contribution is 9.10. The van der Waals surface area contributed by atoms with Gasteiger partial charge in [0.25, 0.3) is 5.91 Å². The summed E-state index contributed by atoms with van der Waals surface area (Å²) in [6.07, 6.45) is 0.863. The molecule has 0 saturated carbocycles. The molecule has 2 nitrogen and oxygen atoms in total. The fourth-order valence-corrected chi connectivity index (χ4v) is 2.66. The van der Waals surface area contributed by atoms with E-state index in [9.17, 15) is 4.79 Å². The molecule has 0 spiro atoms. The third kappa shape index (κ3) is 3.94. The summed E-state index contributed by atoms with van der Waals surface area (Å²) in [6, 6.07) is 14.1. The predicted molar refractivity (Wildman–Crippen MR) is 90.6 cm³/mol. The average molecular weight is 346 g/mol. The lowest BCUT2D eigenvalue weighted by atomic mass is 10.0. The Balaban J connectivity index is 2.20. The normalized spacial score (nSPS) is 12.0. The number of amides is 1. The maximum atomic E-state index is 12.5. The van der Waals surface area contributed by atoms with E-state index in [0.717, 1.165) is 27.6 Å². The Kier molecular flexibility index (Phi) is 5.18. The second-order valence-electron chi connectivity index (χ2n) is 5.30. The number of carbonyl (C=O) groups excluding carboxylic acids is 1. The van der Waals surface area contributed by atoms with Crippen molar-refractivity contribution in [2.45, 2.75) is 33.2 Å². The van der Waals surface area contributed by atoms with Crippen molar-refractivity contribution < 1.29 is 4.79 Å². The predicted octanol–water partition coefficient (Wildman–Crippen LogP) is 4.95. The molecule has 110 valence electrons. The van der Waals surface area contributed by atoms with Crippen molar-refractivity contribution >= 4 is 21.8 Å². The van der Waals surface area contributed by atoms with Crippen molar-refractivity contribution in [2.75, 3.05) is 0 Å². The number of hydrogen-bond acceptors (Lipinski definition) is 1. The summed E-state index contributed by atoms with van der Waals surface area (Å²) in [5, 5.41) is 3.13. The average Bonchev–Trinajstić information content (AvgIpc) is 2.48. The molecule has 2 aromatic carbocycles. The second-order valence-corrected chi connectivity index (χ2v) is 6.22. The minimum atomic E-state index is -0.0266. The smallest absolute Gasteiger partial charge is 0.252 e. The van der Waals surface area contributed by atoms with Gasteiger partial charge in [0, 0.05) is 10.0 Å². The van der Waals surface area contributed by atoms with Crippen LogP contribution < -0.4 is 5.32 Å². The summed E-state index contributed by atoms with van der Waals surface area (Å²) in [7, 11) is 0. The molecule has 0 aliphatic rings. The van der Waals surface area contributed by atoms with E-state index in [2.05, 4.69) is 59.4 Å². The van der Waals surface area contributed by atoms with Crippen LogP contribution in [0.15, 0.2) is 46.9 Å². The zero-order chi connectivity index (χ0) is 15.4. The summed E-state index contributed by atoms with van der Waals surface area (Å²) >= 11 is 3.42. The van der Waals surface area contributed by atoms with Gasteiger partial charge in [0.15, 0.2) is 0 Å². The monoisotopic (exact) mass is 345 g/mol. The molecule has 0 bridgehead atoms. The Hall–Kier alpha value is -1.61. The number of halogens is 1. The summed E-state index contributed by atoms with van der Waals surface area (Å²) in [4.78, 5) is 12.5. The van der Waals surface area contributed by atoms with Crippen LogP contribution in [0.25, 0.3) is 0 Å². The Bertz CT molecular complexity index is 634. The molecule has 0 heterocycles. The van der Waals surface area contributed by atoms with E-state index < -0.39 is 0 Å². The summed E-state index contributed by atoms with van der Waals surface area (Å²) < 4.78 is 0.918. The van der Waals surface area contributed by atoms with Crippen LogP contribution in [-0.2, 0) is 0 Å². The number of benzene rings is 2. The van der Waals surface area contributed by atoms with Crippen molar-refractivity contribution in [2.24, 2.45) is 0 Å². The highest BCUT2D eigenvalue weighted by Gasteiger charge is 2.15. The number of rotatable bonds is 4. The van der Waals surface area contributed by atoms with Crippen molar-refractivity contribution in [1.82, 2.24) is 5.32 Å². The first kappa shape index (κ1) is 15.8.